The molecule has 0 aliphatic heterocycles. The number of rotatable bonds is 5. The van der Waals surface area contributed by atoms with Gasteiger partial charge in [-0.05, 0) is 58.5 Å². The highest BCUT2D eigenvalue weighted by molar-refractivity contribution is 9.10. The van der Waals surface area contributed by atoms with E-state index >= 15 is 0 Å². The van der Waals surface area contributed by atoms with Gasteiger partial charge in [0, 0.05) is 10.5 Å². The maximum absolute atomic E-state index is 13.3. The van der Waals surface area contributed by atoms with Crippen LogP contribution in [0.4, 0.5) is 4.39 Å². The minimum Gasteiger partial charge on any atom is -0.350 e. The average Bonchev–Trinajstić information content (AvgIpc) is 2.50. The summed E-state index contributed by atoms with van der Waals surface area (Å²) >= 11 is 3.29. The van der Waals surface area contributed by atoms with E-state index in [4.69, 9.17) is 0 Å². The van der Waals surface area contributed by atoms with E-state index in [2.05, 4.69) is 47.2 Å². The number of benzene rings is 2. The number of hydrogen-bond donors (Lipinski definition) is 1. The van der Waals surface area contributed by atoms with Crippen molar-refractivity contribution in [1.82, 2.24) is 5.32 Å². The van der Waals surface area contributed by atoms with Crippen molar-refractivity contribution < 1.29 is 9.18 Å². The van der Waals surface area contributed by atoms with Gasteiger partial charge in [-0.25, -0.2) is 4.39 Å². The molecule has 0 fully saturated rings. The molecule has 1 amide bonds. The lowest BCUT2D eigenvalue weighted by Gasteiger charge is -2.29. The van der Waals surface area contributed by atoms with Crippen LogP contribution in [0.1, 0.15) is 43.1 Å². The van der Waals surface area contributed by atoms with Crippen LogP contribution < -0.4 is 5.32 Å². The molecule has 0 saturated heterocycles. The summed E-state index contributed by atoms with van der Waals surface area (Å²) in [6.07, 6.45) is 0.787. The van der Waals surface area contributed by atoms with Crippen LogP contribution in [0, 0.1) is 5.82 Å². The third kappa shape index (κ3) is 4.64. The van der Waals surface area contributed by atoms with Crippen molar-refractivity contribution in [3.63, 3.8) is 0 Å². The van der Waals surface area contributed by atoms with Crippen LogP contribution >= 0.6 is 15.9 Å². The van der Waals surface area contributed by atoms with Gasteiger partial charge in [-0.1, -0.05) is 44.2 Å². The lowest BCUT2D eigenvalue weighted by Crippen LogP contribution is -2.37. The van der Waals surface area contributed by atoms with Gasteiger partial charge in [0.25, 0.3) is 5.91 Å². The van der Waals surface area contributed by atoms with Crippen molar-refractivity contribution in [3.8, 4) is 0 Å². The van der Waals surface area contributed by atoms with Gasteiger partial charge in [-0.15, -0.1) is 0 Å². The van der Waals surface area contributed by atoms with Gasteiger partial charge in [0.05, 0.1) is 5.56 Å². The Kier molecular flexibility index (Phi) is 5.58. The molecule has 0 radical (unpaired) electrons. The van der Waals surface area contributed by atoms with Gasteiger partial charge >= 0.3 is 0 Å². The fraction of sp³-hybridized carbons (Fsp3) is 0.316. The Balaban J connectivity index is 2.06. The van der Waals surface area contributed by atoms with Crippen molar-refractivity contribution in [1.29, 1.82) is 0 Å². The molecule has 23 heavy (non-hydrogen) atoms. The standard InChI is InChI=1S/C19H21BrFNO/c1-13(12-19(2,3)14-7-5-4-6-8-14)22-18(23)16-11-15(21)9-10-17(16)20/h4-11,13H,12H2,1-3H3,(H,22,23). The van der Waals surface area contributed by atoms with Gasteiger partial charge in [0.2, 0.25) is 0 Å². The minimum absolute atomic E-state index is 0.0344. The molecule has 2 aromatic carbocycles. The quantitative estimate of drug-likeness (QED) is 0.773. The van der Waals surface area contributed by atoms with Crippen molar-refractivity contribution in [3.05, 3.63) is 69.9 Å². The Hall–Kier alpha value is -1.68. The highest BCUT2D eigenvalue weighted by atomic mass is 79.9. The van der Waals surface area contributed by atoms with E-state index in [0.29, 0.717) is 10.0 Å². The first-order valence-electron chi connectivity index (χ1n) is 7.61. The number of amides is 1. The van der Waals surface area contributed by atoms with Crippen LogP contribution in [0.3, 0.4) is 0 Å². The molecule has 1 atom stereocenters. The fourth-order valence-electron chi connectivity index (χ4n) is 2.80. The highest BCUT2D eigenvalue weighted by Gasteiger charge is 2.24. The van der Waals surface area contributed by atoms with Gasteiger partial charge in [-0.2, -0.15) is 0 Å². The number of halogens is 2. The molecule has 2 aromatic rings. The van der Waals surface area contributed by atoms with E-state index in [1.165, 1.54) is 17.7 Å². The molecular formula is C19H21BrFNO. The molecule has 2 rings (SSSR count). The molecule has 0 spiro atoms. The third-order valence-corrected chi connectivity index (χ3v) is 4.61. The zero-order valence-electron chi connectivity index (χ0n) is 13.6. The van der Waals surface area contributed by atoms with Crippen LogP contribution in [-0.4, -0.2) is 11.9 Å². The smallest absolute Gasteiger partial charge is 0.252 e. The summed E-state index contributed by atoms with van der Waals surface area (Å²) in [5.41, 5.74) is 1.48. The predicted octanol–water partition coefficient (Wildman–Crippen LogP) is 5.07. The van der Waals surface area contributed by atoms with Crippen LogP contribution in [0.25, 0.3) is 0 Å². The molecule has 0 saturated carbocycles. The highest BCUT2D eigenvalue weighted by Crippen LogP contribution is 2.28. The minimum atomic E-state index is -0.421. The first kappa shape index (κ1) is 17.7. The average molecular weight is 378 g/mol. The zero-order valence-corrected chi connectivity index (χ0v) is 15.2. The normalized spacial score (nSPS) is 12.7. The number of carbonyl (C=O) groups is 1. The Morgan fingerprint density at radius 1 is 1.22 bits per heavy atom. The number of hydrogen-bond acceptors (Lipinski definition) is 1. The molecule has 0 aliphatic rings. The van der Waals surface area contributed by atoms with Gasteiger partial charge in [0.15, 0.2) is 0 Å². The van der Waals surface area contributed by atoms with Crippen molar-refractivity contribution >= 4 is 21.8 Å². The maximum atomic E-state index is 13.3. The van der Waals surface area contributed by atoms with Crippen LogP contribution in [0.15, 0.2) is 53.0 Å². The SMILES string of the molecule is CC(CC(C)(C)c1ccccc1)NC(=O)c1cc(F)ccc1Br. The van der Waals surface area contributed by atoms with E-state index < -0.39 is 5.82 Å². The fourth-order valence-corrected chi connectivity index (χ4v) is 3.22. The summed E-state index contributed by atoms with van der Waals surface area (Å²) in [4.78, 5) is 12.3. The molecule has 122 valence electrons. The van der Waals surface area contributed by atoms with Gasteiger partial charge in [0.1, 0.15) is 5.82 Å². The van der Waals surface area contributed by atoms with Crippen LogP contribution in [0.2, 0.25) is 0 Å². The molecule has 1 N–H and O–H groups in total. The van der Waals surface area contributed by atoms with E-state index in [1.54, 1.807) is 6.07 Å². The van der Waals surface area contributed by atoms with Crippen molar-refractivity contribution in [2.24, 2.45) is 0 Å². The Bertz CT molecular complexity index is 685. The number of carbonyl (C=O) groups excluding carboxylic acids is 1. The second-order valence-corrected chi connectivity index (χ2v) is 7.31. The monoisotopic (exact) mass is 377 g/mol. The summed E-state index contributed by atoms with van der Waals surface area (Å²) in [6.45, 7) is 6.28. The van der Waals surface area contributed by atoms with Crippen molar-refractivity contribution in [2.75, 3.05) is 0 Å². The molecule has 0 aromatic heterocycles. The molecule has 1 unspecified atom stereocenters. The van der Waals surface area contributed by atoms with Gasteiger partial charge in [-0.3, -0.25) is 4.79 Å². The molecular weight excluding hydrogens is 357 g/mol. The summed E-state index contributed by atoms with van der Waals surface area (Å²) in [6, 6.07) is 14.3. The largest absolute Gasteiger partial charge is 0.350 e. The van der Waals surface area contributed by atoms with Crippen LogP contribution in [0.5, 0.6) is 0 Å². The maximum Gasteiger partial charge on any atom is 0.252 e. The second kappa shape index (κ2) is 7.26. The Morgan fingerprint density at radius 2 is 1.87 bits per heavy atom. The molecule has 2 nitrogen and oxygen atoms in total. The molecule has 0 aliphatic carbocycles. The van der Waals surface area contributed by atoms with Gasteiger partial charge < -0.3 is 5.32 Å². The molecule has 0 bridgehead atoms. The number of nitrogens with one attached hydrogen (secondary N) is 1. The zero-order chi connectivity index (χ0) is 17.0. The molecule has 4 heteroatoms. The third-order valence-electron chi connectivity index (χ3n) is 3.92. The summed E-state index contributed by atoms with van der Waals surface area (Å²) in [7, 11) is 0. The van der Waals surface area contributed by atoms with Crippen molar-refractivity contribution in [2.45, 2.75) is 38.6 Å². The lowest BCUT2D eigenvalue weighted by atomic mass is 9.79. The van der Waals surface area contributed by atoms with Crippen LogP contribution in [-0.2, 0) is 5.41 Å². The van der Waals surface area contributed by atoms with E-state index in [9.17, 15) is 9.18 Å². The summed E-state index contributed by atoms with van der Waals surface area (Å²) in [5.74, 6) is -0.691. The summed E-state index contributed by atoms with van der Waals surface area (Å²) < 4.78 is 13.9. The Labute approximate surface area is 145 Å². The first-order valence-corrected chi connectivity index (χ1v) is 8.40. The first-order chi connectivity index (χ1) is 10.8. The van der Waals surface area contributed by atoms with E-state index in [1.807, 2.05) is 25.1 Å². The predicted molar refractivity (Wildman–Crippen MR) is 95.1 cm³/mol. The topological polar surface area (TPSA) is 29.1 Å². The lowest BCUT2D eigenvalue weighted by molar-refractivity contribution is 0.0933. The Morgan fingerprint density at radius 3 is 2.52 bits per heavy atom. The van der Waals surface area contributed by atoms with E-state index in [-0.39, 0.29) is 17.4 Å². The second-order valence-electron chi connectivity index (χ2n) is 6.45. The van der Waals surface area contributed by atoms with E-state index in [0.717, 1.165) is 6.42 Å². The molecule has 0 heterocycles. The summed E-state index contributed by atoms with van der Waals surface area (Å²) in [5, 5.41) is 2.95.